The molecular formula is C15H19N3. The van der Waals surface area contributed by atoms with Crippen LogP contribution in [0, 0.1) is 5.92 Å². The monoisotopic (exact) mass is 241 g/mol. The molecular weight excluding hydrogens is 222 g/mol. The van der Waals surface area contributed by atoms with Gasteiger partial charge in [0.1, 0.15) is 5.82 Å². The zero-order valence-corrected chi connectivity index (χ0v) is 10.5. The number of imidazole rings is 1. The zero-order chi connectivity index (χ0) is 11.9. The predicted molar refractivity (Wildman–Crippen MR) is 72.3 cm³/mol. The Balaban J connectivity index is 1.63. The molecule has 3 atom stereocenters. The molecule has 1 aromatic carbocycles. The third-order valence-electron chi connectivity index (χ3n) is 4.60. The smallest absolute Gasteiger partial charge is 0.124 e. The van der Waals surface area contributed by atoms with Crippen molar-refractivity contribution in [2.75, 3.05) is 0 Å². The maximum absolute atomic E-state index is 4.73. The topological polar surface area (TPSA) is 40.7 Å². The number of hydrogen-bond acceptors (Lipinski definition) is 2. The molecule has 18 heavy (non-hydrogen) atoms. The van der Waals surface area contributed by atoms with Crippen LogP contribution in [0.2, 0.25) is 0 Å². The van der Waals surface area contributed by atoms with Crippen molar-refractivity contribution < 1.29 is 0 Å². The van der Waals surface area contributed by atoms with Gasteiger partial charge in [-0.15, -0.1) is 0 Å². The Bertz CT molecular complexity index is 513. The number of aromatic nitrogens is 2. The van der Waals surface area contributed by atoms with Crippen molar-refractivity contribution in [2.45, 2.75) is 44.2 Å². The Morgan fingerprint density at radius 2 is 2.00 bits per heavy atom. The average molecular weight is 241 g/mol. The fourth-order valence-electron chi connectivity index (χ4n) is 3.67. The second-order valence-electron chi connectivity index (χ2n) is 5.75. The van der Waals surface area contributed by atoms with E-state index in [-0.39, 0.29) is 0 Å². The van der Waals surface area contributed by atoms with Gasteiger partial charge in [-0.25, -0.2) is 4.98 Å². The second kappa shape index (κ2) is 4.09. The summed E-state index contributed by atoms with van der Waals surface area (Å²) >= 11 is 0. The molecule has 0 unspecified atom stereocenters. The Hall–Kier alpha value is -1.35. The fraction of sp³-hybridized carbons (Fsp3) is 0.533. The molecule has 0 bridgehead atoms. The van der Waals surface area contributed by atoms with E-state index >= 15 is 0 Å². The fourth-order valence-corrected chi connectivity index (χ4v) is 3.67. The highest BCUT2D eigenvalue weighted by Gasteiger charge is 2.36. The molecule has 1 saturated carbocycles. The number of para-hydroxylation sites is 2. The van der Waals surface area contributed by atoms with Crippen LogP contribution in [0.1, 0.15) is 44.0 Å². The summed E-state index contributed by atoms with van der Waals surface area (Å²) in [6, 6.07) is 9.47. The summed E-state index contributed by atoms with van der Waals surface area (Å²) in [5, 5.41) is 3.78. The van der Waals surface area contributed by atoms with Crippen molar-refractivity contribution in [3.8, 4) is 0 Å². The number of nitrogens with zero attached hydrogens (tertiary/aromatic N) is 1. The molecule has 0 spiro atoms. The van der Waals surface area contributed by atoms with Crippen LogP contribution in [0.5, 0.6) is 0 Å². The second-order valence-corrected chi connectivity index (χ2v) is 5.75. The van der Waals surface area contributed by atoms with Crippen molar-refractivity contribution >= 4 is 11.0 Å². The van der Waals surface area contributed by atoms with Gasteiger partial charge in [-0.2, -0.15) is 0 Å². The van der Waals surface area contributed by atoms with Crippen molar-refractivity contribution in [1.82, 2.24) is 15.3 Å². The van der Waals surface area contributed by atoms with Crippen LogP contribution >= 0.6 is 0 Å². The summed E-state index contributed by atoms with van der Waals surface area (Å²) in [4.78, 5) is 8.21. The Kier molecular flexibility index (Phi) is 2.40. The molecule has 0 amide bonds. The van der Waals surface area contributed by atoms with E-state index in [4.69, 9.17) is 4.98 Å². The first-order valence-electron chi connectivity index (χ1n) is 7.11. The van der Waals surface area contributed by atoms with E-state index in [0.29, 0.717) is 6.04 Å². The van der Waals surface area contributed by atoms with Gasteiger partial charge < -0.3 is 10.3 Å². The number of fused-ring (bicyclic) bond motifs is 2. The minimum atomic E-state index is 0.436. The van der Waals surface area contributed by atoms with Crippen LogP contribution in [-0.2, 0) is 0 Å². The maximum atomic E-state index is 4.73. The third-order valence-corrected chi connectivity index (χ3v) is 4.60. The SMILES string of the molecule is c1ccc2[nH]c([C@@H]3C[C@@H]4CCCC[C@H]4N3)nc2c1. The Morgan fingerprint density at radius 3 is 2.89 bits per heavy atom. The lowest BCUT2D eigenvalue weighted by atomic mass is 9.85. The first-order valence-corrected chi connectivity index (χ1v) is 7.11. The van der Waals surface area contributed by atoms with E-state index in [1.54, 1.807) is 0 Å². The Labute approximate surface area is 107 Å². The van der Waals surface area contributed by atoms with Crippen LogP contribution in [-0.4, -0.2) is 16.0 Å². The molecule has 4 rings (SSSR count). The summed E-state index contributed by atoms with van der Waals surface area (Å²) < 4.78 is 0. The van der Waals surface area contributed by atoms with Crippen molar-refractivity contribution in [2.24, 2.45) is 5.92 Å². The first-order chi connectivity index (χ1) is 8.90. The highest BCUT2D eigenvalue weighted by molar-refractivity contribution is 5.74. The van der Waals surface area contributed by atoms with Gasteiger partial charge >= 0.3 is 0 Å². The molecule has 2 fully saturated rings. The summed E-state index contributed by atoms with van der Waals surface area (Å²) in [6.45, 7) is 0. The quantitative estimate of drug-likeness (QED) is 0.805. The van der Waals surface area contributed by atoms with Gasteiger partial charge in [0.15, 0.2) is 0 Å². The Morgan fingerprint density at radius 1 is 1.11 bits per heavy atom. The van der Waals surface area contributed by atoms with Crippen LogP contribution in [0.3, 0.4) is 0 Å². The molecule has 2 aliphatic rings. The molecule has 1 aliphatic heterocycles. The molecule has 1 saturated heterocycles. The predicted octanol–water partition coefficient (Wildman–Crippen LogP) is 3.16. The lowest BCUT2D eigenvalue weighted by Gasteiger charge is -2.24. The molecule has 1 aliphatic carbocycles. The third kappa shape index (κ3) is 1.65. The lowest BCUT2D eigenvalue weighted by molar-refractivity contribution is 0.325. The van der Waals surface area contributed by atoms with Gasteiger partial charge in [0.2, 0.25) is 0 Å². The molecule has 2 N–H and O–H groups in total. The first kappa shape index (κ1) is 10.6. The van der Waals surface area contributed by atoms with Crippen molar-refractivity contribution in [3.05, 3.63) is 30.1 Å². The van der Waals surface area contributed by atoms with Crippen LogP contribution in [0.15, 0.2) is 24.3 Å². The molecule has 3 heteroatoms. The van der Waals surface area contributed by atoms with Gasteiger partial charge in [-0.05, 0) is 37.3 Å². The summed E-state index contributed by atoms with van der Waals surface area (Å²) in [5.41, 5.74) is 2.24. The number of hydrogen-bond donors (Lipinski definition) is 2. The standard InChI is InChI=1S/C15H19N3/c1-2-6-11-10(5-1)9-14(16-11)15-17-12-7-3-4-8-13(12)18-15/h3-4,7-8,10-11,14,16H,1-2,5-6,9H2,(H,17,18)/t10-,11+,14-/m0/s1. The van der Waals surface area contributed by atoms with E-state index in [1.807, 2.05) is 0 Å². The van der Waals surface area contributed by atoms with Crippen LogP contribution in [0.4, 0.5) is 0 Å². The van der Waals surface area contributed by atoms with E-state index in [9.17, 15) is 0 Å². The van der Waals surface area contributed by atoms with Gasteiger partial charge in [-0.1, -0.05) is 25.0 Å². The van der Waals surface area contributed by atoms with Crippen LogP contribution < -0.4 is 5.32 Å². The number of benzene rings is 1. The van der Waals surface area contributed by atoms with Crippen molar-refractivity contribution in [3.63, 3.8) is 0 Å². The molecule has 2 heterocycles. The minimum absolute atomic E-state index is 0.436. The average Bonchev–Trinajstić information content (AvgIpc) is 3.02. The van der Waals surface area contributed by atoms with E-state index < -0.39 is 0 Å². The molecule has 0 radical (unpaired) electrons. The largest absolute Gasteiger partial charge is 0.341 e. The summed E-state index contributed by atoms with van der Waals surface area (Å²) in [5.74, 6) is 2.00. The molecule has 1 aromatic heterocycles. The lowest BCUT2D eigenvalue weighted by Crippen LogP contribution is -2.30. The summed E-state index contributed by atoms with van der Waals surface area (Å²) in [7, 11) is 0. The maximum Gasteiger partial charge on any atom is 0.124 e. The number of rotatable bonds is 1. The summed E-state index contributed by atoms with van der Waals surface area (Å²) in [6.07, 6.45) is 6.80. The van der Waals surface area contributed by atoms with E-state index in [1.165, 1.54) is 32.1 Å². The number of H-pyrrole nitrogens is 1. The molecule has 94 valence electrons. The van der Waals surface area contributed by atoms with Gasteiger partial charge in [0.25, 0.3) is 0 Å². The molecule has 3 nitrogen and oxygen atoms in total. The van der Waals surface area contributed by atoms with Crippen LogP contribution in [0.25, 0.3) is 11.0 Å². The number of nitrogens with one attached hydrogen (secondary N) is 2. The minimum Gasteiger partial charge on any atom is -0.341 e. The van der Waals surface area contributed by atoms with E-state index in [0.717, 1.165) is 28.8 Å². The normalized spacial score (nSPS) is 31.7. The van der Waals surface area contributed by atoms with Gasteiger partial charge in [-0.3, -0.25) is 0 Å². The highest BCUT2D eigenvalue weighted by Crippen LogP contribution is 2.38. The number of aromatic amines is 1. The van der Waals surface area contributed by atoms with Crippen molar-refractivity contribution in [1.29, 1.82) is 0 Å². The highest BCUT2D eigenvalue weighted by atomic mass is 15.1. The van der Waals surface area contributed by atoms with E-state index in [2.05, 4.69) is 34.6 Å². The van der Waals surface area contributed by atoms with Gasteiger partial charge in [0, 0.05) is 6.04 Å². The van der Waals surface area contributed by atoms with Gasteiger partial charge in [0.05, 0.1) is 17.1 Å². The molecule has 2 aromatic rings. The zero-order valence-electron chi connectivity index (χ0n) is 10.5.